The molecule has 0 bridgehead atoms. The number of nitrogens with zero attached hydrogens (tertiary/aromatic N) is 1. The second-order valence-corrected chi connectivity index (χ2v) is 4.47. The van der Waals surface area contributed by atoms with Gasteiger partial charge in [-0.25, -0.2) is 4.39 Å². The average Bonchev–Trinajstić information content (AvgIpc) is 2.88. The Balaban J connectivity index is 1.81. The molecule has 0 spiro atoms. The van der Waals surface area contributed by atoms with Gasteiger partial charge in [0.2, 0.25) is 5.91 Å². The van der Waals surface area contributed by atoms with E-state index in [4.69, 9.17) is 5.73 Å². The molecule has 0 aliphatic carbocycles. The summed E-state index contributed by atoms with van der Waals surface area (Å²) in [4.78, 5) is 13.6. The predicted octanol–water partition coefficient (Wildman–Crippen LogP) is 1.83. The van der Waals surface area contributed by atoms with Gasteiger partial charge in [0.05, 0.1) is 11.4 Å². The highest BCUT2D eigenvalue weighted by Crippen LogP contribution is 2.21. The fraction of sp³-hybridized carbons (Fsp3) is 0.462. The van der Waals surface area contributed by atoms with Crippen LogP contribution in [0.1, 0.15) is 19.3 Å². The lowest BCUT2D eigenvalue weighted by Crippen LogP contribution is -2.29. The van der Waals surface area contributed by atoms with E-state index in [-0.39, 0.29) is 11.6 Å². The highest BCUT2D eigenvalue weighted by molar-refractivity contribution is 5.77. The third-order valence-electron chi connectivity index (χ3n) is 3.17. The minimum atomic E-state index is -0.439. The number of benzene rings is 1. The van der Waals surface area contributed by atoms with Crippen molar-refractivity contribution in [1.29, 1.82) is 0 Å². The molecule has 1 amide bonds. The van der Waals surface area contributed by atoms with Crippen molar-refractivity contribution in [3.63, 3.8) is 0 Å². The van der Waals surface area contributed by atoms with Crippen molar-refractivity contribution < 1.29 is 9.18 Å². The summed E-state index contributed by atoms with van der Waals surface area (Å²) in [6, 6.07) is 4.62. The third-order valence-corrected chi connectivity index (χ3v) is 3.17. The predicted molar refractivity (Wildman–Crippen MR) is 69.7 cm³/mol. The average molecular weight is 251 g/mol. The molecule has 1 aromatic rings. The van der Waals surface area contributed by atoms with E-state index in [1.807, 2.05) is 4.90 Å². The van der Waals surface area contributed by atoms with Gasteiger partial charge >= 0.3 is 0 Å². The summed E-state index contributed by atoms with van der Waals surface area (Å²) in [6.45, 7) is 2.20. The van der Waals surface area contributed by atoms with Crippen LogP contribution in [-0.2, 0) is 4.79 Å². The Kier molecular flexibility index (Phi) is 4.02. The number of hydrogen-bond donors (Lipinski definition) is 2. The van der Waals surface area contributed by atoms with Crippen LogP contribution in [-0.4, -0.2) is 30.4 Å². The number of halogens is 1. The number of nitrogens with two attached hydrogens (primary N) is 1. The first-order valence-electron chi connectivity index (χ1n) is 6.24. The fourth-order valence-electron chi connectivity index (χ4n) is 2.12. The molecule has 18 heavy (non-hydrogen) atoms. The minimum absolute atomic E-state index is 0.103. The van der Waals surface area contributed by atoms with Gasteiger partial charge in [-0.05, 0) is 25.0 Å². The zero-order valence-corrected chi connectivity index (χ0v) is 10.3. The molecule has 1 fully saturated rings. The molecule has 98 valence electrons. The first-order valence-corrected chi connectivity index (χ1v) is 6.24. The number of nitrogen functional groups attached to an aromatic ring is 1. The lowest BCUT2D eigenvalue weighted by atomic mass is 10.2. The van der Waals surface area contributed by atoms with Crippen LogP contribution in [0, 0.1) is 5.82 Å². The topological polar surface area (TPSA) is 58.4 Å². The summed E-state index contributed by atoms with van der Waals surface area (Å²) in [5.74, 6) is -0.291. The molecule has 1 aliphatic heterocycles. The molecule has 1 aliphatic rings. The summed E-state index contributed by atoms with van der Waals surface area (Å²) in [5.41, 5.74) is 6.24. The molecule has 0 saturated carbocycles. The Bertz CT molecular complexity index is 430. The molecule has 3 N–H and O–H groups in total. The molecule has 5 heteroatoms. The lowest BCUT2D eigenvalue weighted by Gasteiger charge is -2.16. The van der Waals surface area contributed by atoms with E-state index >= 15 is 0 Å². The van der Waals surface area contributed by atoms with Crippen molar-refractivity contribution in [3.05, 3.63) is 24.0 Å². The van der Waals surface area contributed by atoms with Crippen LogP contribution < -0.4 is 11.1 Å². The van der Waals surface area contributed by atoms with Gasteiger partial charge in [-0.2, -0.15) is 0 Å². The van der Waals surface area contributed by atoms with Crippen molar-refractivity contribution in [3.8, 4) is 0 Å². The molecular weight excluding hydrogens is 233 g/mol. The standard InChI is InChI=1S/C13H18FN3O/c14-10-4-3-5-11(13(10)15)16-7-6-12(18)17-8-1-2-9-17/h3-5,16H,1-2,6-9,15H2. The van der Waals surface area contributed by atoms with Gasteiger partial charge in [-0.3, -0.25) is 4.79 Å². The number of nitrogens with one attached hydrogen (secondary N) is 1. The maximum atomic E-state index is 13.2. The van der Waals surface area contributed by atoms with Gasteiger partial charge in [-0.1, -0.05) is 6.07 Å². The summed E-state index contributed by atoms with van der Waals surface area (Å²) in [6.07, 6.45) is 2.60. The highest BCUT2D eigenvalue weighted by Gasteiger charge is 2.17. The summed E-state index contributed by atoms with van der Waals surface area (Å²) in [7, 11) is 0. The Hall–Kier alpha value is -1.78. The number of anilines is 2. The summed E-state index contributed by atoms with van der Waals surface area (Å²) < 4.78 is 13.2. The molecule has 1 aromatic carbocycles. The second kappa shape index (κ2) is 5.71. The zero-order chi connectivity index (χ0) is 13.0. The molecule has 4 nitrogen and oxygen atoms in total. The summed E-state index contributed by atoms with van der Waals surface area (Å²) in [5, 5.41) is 3.00. The van der Waals surface area contributed by atoms with Gasteiger partial charge in [0.1, 0.15) is 5.82 Å². The van der Waals surface area contributed by atoms with Crippen LogP contribution >= 0.6 is 0 Å². The minimum Gasteiger partial charge on any atom is -0.395 e. The third kappa shape index (κ3) is 2.91. The van der Waals surface area contributed by atoms with E-state index in [9.17, 15) is 9.18 Å². The van der Waals surface area contributed by atoms with Crippen molar-refractivity contribution >= 4 is 17.3 Å². The first-order chi connectivity index (χ1) is 8.68. The Morgan fingerprint density at radius 2 is 2.11 bits per heavy atom. The van der Waals surface area contributed by atoms with Gasteiger partial charge < -0.3 is 16.0 Å². The Morgan fingerprint density at radius 1 is 1.39 bits per heavy atom. The van der Waals surface area contributed by atoms with Crippen molar-refractivity contribution in [2.24, 2.45) is 0 Å². The summed E-state index contributed by atoms with van der Waals surface area (Å²) >= 11 is 0. The normalized spacial score (nSPS) is 14.8. The van der Waals surface area contributed by atoms with Crippen LogP contribution in [0.2, 0.25) is 0 Å². The second-order valence-electron chi connectivity index (χ2n) is 4.47. The van der Waals surface area contributed by atoms with E-state index < -0.39 is 5.82 Å². The van der Waals surface area contributed by atoms with E-state index in [0.29, 0.717) is 18.7 Å². The van der Waals surface area contributed by atoms with Crippen LogP contribution in [0.3, 0.4) is 0 Å². The quantitative estimate of drug-likeness (QED) is 0.803. The number of carbonyl (C=O) groups excluding carboxylic acids is 1. The molecule has 1 heterocycles. The molecule has 0 unspecified atom stereocenters. The monoisotopic (exact) mass is 251 g/mol. The number of rotatable bonds is 4. The van der Waals surface area contributed by atoms with Crippen molar-refractivity contribution in [2.75, 3.05) is 30.7 Å². The number of likely N-dealkylation sites (tertiary alicyclic amines) is 1. The molecule has 0 atom stereocenters. The number of carbonyl (C=O) groups is 1. The lowest BCUT2D eigenvalue weighted by molar-refractivity contribution is -0.129. The van der Waals surface area contributed by atoms with Crippen molar-refractivity contribution in [1.82, 2.24) is 4.90 Å². The van der Waals surface area contributed by atoms with E-state index in [1.165, 1.54) is 6.07 Å². The van der Waals surface area contributed by atoms with Crippen LogP contribution in [0.4, 0.5) is 15.8 Å². The largest absolute Gasteiger partial charge is 0.395 e. The van der Waals surface area contributed by atoms with E-state index in [0.717, 1.165) is 25.9 Å². The van der Waals surface area contributed by atoms with Crippen molar-refractivity contribution in [2.45, 2.75) is 19.3 Å². The van der Waals surface area contributed by atoms with Crippen LogP contribution in [0.25, 0.3) is 0 Å². The zero-order valence-electron chi connectivity index (χ0n) is 10.3. The SMILES string of the molecule is Nc1c(F)cccc1NCCC(=O)N1CCCC1. The van der Waals surface area contributed by atoms with Crippen LogP contribution in [0.15, 0.2) is 18.2 Å². The Morgan fingerprint density at radius 3 is 2.83 bits per heavy atom. The number of para-hydroxylation sites is 1. The number of amides is 1. The smallest absolute Gasteiger partial charge is 0.224 e. The molecular formula is C13H18FN3O. The molecule has 0 aromatic heterocycles. The van der Waals surface area contributed by atoms with Crippen LogP contribution in [0.5, 0.6) is 0 Å². The van der Waals surface area contributed by atoms with E-state index in [1.54, 1.807) is 12.1 Å². The maximum absolute atomic E-state index is 13.2. The Labute approximate surface area is 106 Å². The molecule has 2 rings (SSSR count). The highest BCUT2D eigenvalue weighted by atomic mass is 19.1. The van der Waals surface area contributed by atoms with Gasteiger partial charge in [0, 0.05) is 26.1 Å². The van der Waals surface area contributed by atoms with E-state index in [2.05, 4.69) is 5.32 Å². The fourth-order valence-corrected chi connectivity index (χ4v) is 2.12. The number of hydrogen-bond acceptors (Lipinski definition) is 3. The molecule has 0 radical (unpaired) electrons. The van der Waals surface area contributed by atoms with Gasteiger partial charge in [-0.15, -0.1) is 0 Å². The first kappa shape index (κ1) is 12.7. The maximum Gasteiger partial charge on any atom is 0.224 e. The van der Waals surface area contributed by atoms with Gasteiger partial charge in [0.25, 0.3) is 0 Å². The van der Waals surface area contributed by atoms with Gasteiger partial charge in [0.15, 0.2) is 0 Å². The molecule has 1 saturated heterocycles.